The highest BCUT2D eigenvalue weighted by molar-refractivity contribution is 5.95. The van der Waals surface area contributed by atoms with Gasteiger partial charge in [-0.15, -0.1) is 0 Å². The molecule has 4 rings (SSSR count). The fraction of sp³-hybridized carbons (Fsp3) is 0.300. The molecule has 0 saturated heterocycles. The summed E-state index contributed by atoms with van der Waals surface area (Å²) in [6, 6.07) is 11.9. The van der Waals surface area contributed by atoms with Crippen molar-refractivity contribution in [2.24, 2.45) is 0 Å². The van der Waals surface area contributed by atoms with E-state index >= 15 is 0 Å². The minimum absolute atomic E-state index is 0.0986. The number of nitrogen functional groups attached to an aromatic ring is 1. The minimum Gasteiger partial charge on any atom is -0.369 e. The van der Waals surface area contributed by atoms with E-state index in [0.29, 0.717) is 24.6 Å². The second-order valence-electron chi connectivity index (χ2n) is 6.88. The number of hydrogen-bond donors (Lipinski definition) is 2. The quantitative estimate of drug-likeness (QED) is 0.708. The van der Waals surface area contributed by atoms with Crippen LogP contribution in [0, 0.1) is 0 Å². The smallest absolute Gasteiger partial charge is 0.229 e. The highest BCUT2D eigenvalue weighted by Crippen LogP contribution is 2.30. The van der Waals surface area contributed by atoms with Gasteiger partial charge in [0, 0.05) is 43.2 Å². The van der Waals surface area contributed by atoms with Crippen molar-refractivity contribution in [1.29, 1.82) is 0 Å². The molecule has 2 aromatic heterocycles. The lowest BCUT2D eigenvalue weighted by Gasteiger charge is -2.35. The second kappa shape index (κ2) is 7.67. The van der Waals surface area contributed by atoms with Crippen LogP contribution in [0.25, 0.3) is 5.82 Å². The van der Waals surface area contributed by atoms with Crippen molar-refractivity contribution in [1.82, 2.24) is 19.7 Å². The minimum atomic E-state index is 0.0986. The number of benzene rings is 1. The van der Waals surface area contributed by atoms with E-state index in [2.05, 4.69) is 33.4 Å². The first-order valence-corrected chi connectivity index (χ1v) is 9.40. The summed E-state index contributed by atoms with van der Waals surface area (Å²) in [6.07, 6.45) is 5.80. The molecular weight excluding hydrogens is 354 g/mol. The molecule has 3 heterocycles. The number of aromatic nitrogens is 4. The number of carbonyl (C=O) groups is 1. The Kier molecular flexibility index (Phi) is 4.92. The van der Waals surface area contributed by atoms with Crippen molar-refractivity contribution < 1.29 is 4.79 Å². The standard InChI is InChI=1S/C20H23N7O/c1-14-7-8-15-5-2-3-6-16(15)27(14)19(28)9-11-22-17-13-18(25-20(21)24-17)26-12-4-10-23-26/h2-6,10,12-14H,7-9,11H2,1H3,(H3,21,22,24,25). The summed E-state index contributed by atoms with van der Waals surface area (Å²) in [6.45, 7) is 2.56. The number of amides is 1. The van der Waals surface area contributed by atoms with Crippen LogP contribution >= 0.6 is 0 Å². The third-order valence-electron chi connectivity index (χ3n) is 4.91. The fourth-order valence-electron chi connectivity index (χ4n) is 3.55. The summed E-state index contributed by atoms with van der Waals surface area (Å²) < 4.78 is 1.61. The van der Waals surface area contributed by atoms with Crippen molar-refractivity contribution in [2.75, 3.05) is 22.5 Å². The summed E-state index contributed by atoms with van der Waals surface area (Å²) in [5, 5.41) is 7.33. The van der Waals surface area contributed by atoms with Crippen LogP contribution < -0.4 is 16.0 Å². The van der Waals surface area contributed by atoms with Crippen LogP contribution in [0.15, 0.2) is 48.8 Å². The molecule has 1 amide bonds. The van der Waals surface area contributed by atoms with Crippen molar-refractivity contribution in [3.63, 3.8) is 0 Å². The molecule has 8 heteroatoms. The van der Waals surface area contributed by atoms with E-state index in [-0.39, 0.29) is 17.9 Å². The zero-order valence-corrected chi connectivity index (χ0v) is 15.7. The lowest BCUT2D eigenvalue weighted by molar-refractivity contribution is -0.118. The van der Waals surface area contributed by atoms with Crippen LogP contribution in [-0.4, -0.2) is 38.2 Å². The van der Waals surface area contributed by atoms with E-state index in [1.165, 1.54) is 5.56 Å². The van der Waals surface area contributed by atoms with Crippen LogP contribution in [0.2, 0.25) is 0 Å². The number of hydrogen-bond acceptors (Lipinski definition) is 6. The van der Waals surface area contributed by atoms with E-state index in [4.69, 9.17) is 5.73 Å². The lowest BCUT2D eigenvalue weighted by atomic mass is 9.96. The molecule has 1 aliphatic heterocycles. The number of rotatable bonds is 5. The first-order chi connectivity index (χ1) is 13.6. The molecule has 1 unspecified atom stereocenters. The topological polar surface area (TPSA) is 102 Å². The molecule has 0 radical (unpaired) electrons. The van der Waals surface area contributed by atoms with E-state index < -0.39 is 0 Å². The molecule has 0 saturated carbocycles. The Balaban J connectivity index is 1.43. The summed E-state index contributed by atoms with van der Waals surface area (Å²) >= 11 is 0. The number of fused-ring (bicyclic) bond motifs is 1. The highest BCUT2D eigenvalue weighted by atomic mass is 16.2. The SMILES string of the molecule is CC1CCc2ccccc2N1C(=O)CCNc1cc(-n2cccn2)nc(N)n1. The van der Waals surface area contributed by atoms with Gasteiger partial charge in [0.2, 0.25) is 11.9 Å². The van der Waals surface area contributed by atoms with Gasteiger partial charge in [-0.05, 0) is 37.5 Å². The van der Waals surface area contributed by atoms with Crippen LogP contribution in [0.4, 0.5) is 17.5 Å². The summed E-state index contributed by atoms with van der Waals surface area (Å²) in [5.74, 6) is 1.39. The molecule has 0 bridgehead atoms. The summed E-state index contributed by atoms with van der Waals surface area (Å²) in [7, 11) is 0. The van der Waals surface area contributed by atoms with Crippen LogP contribution in [-0.2, 0) is 11.2 Å². The van der Waals surface area contributed by atoms with Gasteiger partial charge in [0.15, 0.2) is 5.82 Å². The highest BCUT2D eigenvalue weighted by Gasteiger charge is 2.27. The first kappa shape index (κ1) is 18.0. The average molecular weight is 377 g/mol. The normalized spacial score (nSPS) is 15.9. The summed E-state index contributed by atoms with van der Waals surface area (Å²) in [4.78, 5) is 23.2. The van der Waals surface area contributed by atoms with Gasteiger partial charge >= 0.3 is 0 Å². The van der Waals surface area contributed by atoms with E-state index in [1.807, 2.05) is 29.2 Å². The molecule has 0 aliphatic carbocycles. The van der Waals surface area contributed by atoms with Gasteiger partial charge in [-0.2, -0.15) is 15.1 Å². The Bertz CT molecular complexity index is 970. The number of anilines is 3. The van der Waals surface area contributed by atoms with Crippen LogP contribution in [0.3, 0.4) is 0 Å². The van der Waals surface area contributed by atoms with E-state index in [0.717, 1.165) is 18.5 Å². The molecule has 0 spiro atoms. The van der Waals surface area contributed by atoms with Gasteiger partial charge in [0.25, 0.3) is 0 Å². The number of nitrogens with two attached hydrogens (primary N) is 1. The number of nitrogens with zero attached hydrogens (tertiary/aromatic N) is 5. The molecule has 0 fully saturated rings. The van der Waals surface area contributed by atoms with Gasteiger partial charge in [-0.25, -0.2) is 4.68 Å². The molecule has 144 valence electrons. The number of nitrogens with one attached hydrogen (secondary N) is 1. The molecule has 8 nitrogen and oxygen atoms in total. The second-order valence-corrected chi connectivity index (χ2v) is 6.88. The maximum Gasteiger partial charge on any atom is 0.229 e. The molecule has 1 atom stereocenters. The Morgan fingerprint density at radius 3 is 2.96 bits per heavy atom. The monoisotopic (exact) mass is 377 g/mol. The average Bonchev–Trinajstić information content (AvgIpc) is 3.22. The zero-order valence-electron chi connectivity index (χ0n) is 15.7. The number of aryl methyl sites for hydroxylation is 1. The largest absolute Gasteiger partial charge is 0.369 e. The number of carbonyl (C=O) groups excluding carboxylic acids is 1. The van der Waals surface area contributed by atoms with Crippen molar-refractivity contribution in [2.45, 2.75) is 32.2 Å². The van der Waals surface area contributed by atoms with Crippen LogP contribution in [0.5, 0.6) is 0 Å². The van der Waals surface area contributed by atoms with Crippen molar-refractivity contribution in [3.05, 3.63) is 54.4 Å². The van der Waals surface area contributed by atoms with Gasteiger partial charge in [0.1, 0.15) is 5.82 Å². The Morgan fingerprint density at radius 1 is 1.29 bits per heavy atom. The molecular formula is C20H23N7O. The van der Waals surface area contributed by atoms with Gasteiger partial charge in [0.05, 0.1) is 0 Å². The molecule has 1 aromatic carbocycles. The fourth-order valence-corrected chi connectivity index (χ4v) is 3.55. The van der Waals surface area contributed by atoms with Crippen molar-refractivity contribution >= 4 is 23.4 Å². The van der Waals surface area contributed by atoms with Crippen LogP contribution in [0.1, 0.15) is 25.3 Å². The third-order valence-corrected chi connectivity index (χ3v) is 4.91. The maximum absolute atomic E-state index is 12.9. The van der Waals surface area contributed by atoms with Gasteiger partial charge < -0.3 is 16.0 Å². The maximum atomic E-state index is 12.9. The Hall–Kier alpha value is -3.42. The van der Waals surface area contributed by atoms with Gasteiger partial charge in [-0.1, -0.05) is 18.2 Å². The zero-order chi connectivity index (χ0) is 19.5. The predicted molar refractivity (Wildman–Crippen MR) is 108 cm³/mol. The van der Waals surface area contributed by atoms with E-state index in [1.54, 1.807) is 23.1 Å². The lowest BCUT2D eigenvalue weighted by Crippen LogP contribution is -2.42. The Morgan fingerprint density at radius 2 is 2.14 bits per heavy atom. The molecule has 1 aliphatic rings. The first-order valence-electron chi connectivity index (χ1n) is 9.40. The molecule has 28 heavy (non-hydrogen) atoms. The van der Waals surface area contributed by atoms with Gasteiger partial charge in [-0.3, -0.25) is 4.79 Å². The predicted octanol–water partition coefficient (Wildman–Crippen LogP) is 2.41. The molecule has 3 N–H and O–H groups in total. The van der Waals surface area contributed by atoms with Crippen molar-refractivity contribution in [3.8, 4) is 5.82 Å². The number of para-hydroxylation sites is 1. The summed E-state index contributed by atoms with van der Waals surface area (Å²) in [5.41, 5.74) is 8.06. The third kappa shape index (κ3) is 3.66. The molecule has 3 aromatic rings. The van der Waals surface area contributed by atoms with E-state index in [9.17, 15) is 4.79 Å². The Labute approximate surface area is 163 Å².